The van der Waals surface area contributed by atoms with E-state index in [2.05, 4.69) is 4.98 Å². The predicted molar refractivity (Wildman–Crippen MR) is 45.3 cm³/mol. The third-order valence-corrected chi connectivity index (χ3v) is 0.847. The smallest absolute Gasteiger partial charge is 0.212 e. The summed E-state index contributed by atoms with van der Waals surface area (Å²) >= 11 is 0. The van der Waals surface area contributed by atoms with Crippen LogP contribution in [0.4, 0.5) is 0 Å². The molecule has 0 aromatic carbocycles. The van der Waals surface area contributed by atoms with Gasteiger partial charge in [-0.15, -0.1) is 24.8 Å². The van der Waals surface area contributed by atoms with Crippen LogP contribution in [0.2, 0.25) is 0 Å². The van der Waals surface area contributed by atoms with Gasteiger partial charge in [0.15, 0.2) is 0 Å². The monoisotopic (exact) mass is 181 g/mol. The number of methoxy groups -OCH3 is 1. The van der Waals surface area contributed by atoms with E-state index in [1.165, 1.54) is 0 Å². The zero-order chi connectivity index (χ0) is 5.82. The molecule has 0 radical (unpaired) electrons. The molecule has 0 saturated heterocycles. The van der Waals surface area contributed by atoms with E-state index in [1.54, 1.807) is 19.4 Å². The molecule has 0 saturated carbocycles. The van der Waals surface area contributed by atoms with Crippen molar-refractivity contribution in [2.45, 2.75) is 0 Å². The highest BCUT2D eigenvalue weighted by Crippen LogP contribution is 1.99. The summed E-state index contributed by atoms with van der Waals surface area (Å²) in [5.41, 5.74) is 0. The zero-order valence-electron chi connectivity index (χ0n) is 5.48. The van der Waals surface area contributed by atoms with E-state index in [-0.39, 0.29) is 24.8 Å². The number of pyridine rings is 1. The van der Waals surface area contributed by atoms with Crippen molar-refractivity contribution < 1.29 is 4.74 Å². The van der Waals surface area contributed by atoms with Gasteiger partial charge in [0.1, 0.15) is 0 Å². The summed E-state index contributed by atoms with van der Waals surface area (Å²) in [5, 5.41) is 0. The van der Waals surface area contributed by atoms with E-state index < -0.39 is 0 Å². The molecule has 0 aliphatic carbocycles. The second-order valence-electron chi connectivity index (χ2n) is 1.37. The van der Waals surface area contributed by atoms with Crippen LogP contribution in [0.1, 0.15) is 0 Å². The Morgan fingerprint density at radius 1 is 1.30 bits per heavy atom. The second-order valence-corrected chi connectivity index (χ2v) is 1.37. The normalized spacial score (nSPS) is 6.90. The van der Waals surface area contributed by atoms with Crippen LogP contribution in [-0.2, 0) is 0 Å². The molecule has 1 aromatic heterocycles. The number of hydrogen-bond donors (Lipinski definition) is 0. The average molecular weight is 182 g/mol. The van der Waals surface area contributed by atoms with Gasteiger partial charge in [-0.3, -0.25) is 0 Å². The number of aromatic nitrogens is 1. The average Bonchev–Trinajstić information content (AvgIpc) is 1.90. The van der Waals surface area contributed by atoms with Gasteiger partial charge < -0.3 is 4.74 Å². The molecule has 0 unspecified atom stereocenters. The first-order valence-electron chi connectivity index (χ1n) is 2.38. The van der Waals surface area contributed by atoms with E-state index in [4.69, 9.17) is 4.74 Å². The first kappa shape index (κ1) is 12.2. The van der Waals surface area contributed by atoms with E-state index in [1.807, 2.05) is 12.1 Å². The quantitative estimate of drug-likeness (QED) is 0.661. The molecule has 0 amide bonds. The molecule has 0 spiro atoms. The van der Waals surface area contributed by atoms with Crippen molar-refractivity contribution in [1.29, 1.82) is 0 Å². The highest BCUT2D eigenvalue weighted by Gasteiger charge is 1.82. The van der Waals surface area contributed by atoms with Crippen molar-refractivity contribution >= 4 is 24.8 Å². The Hall–Kier alpha value is -0.470. The van der Waals surface area contributed by atoms with Gasteiger partial charge >= 0.3 is 0 Å². The number of ether oxygens (including phenoxy) is 1. The van der Waals surface area contributed by atoms with Crippen molar-refractivity contribution in [3.63, 3.8) is 0 Å². The third-order valence-electron chi connectivity index (χ3n) is 0.847. The number of hydrogen-bond acceptors (Lipinski definition) is 2. The predicted octanol–water partition coefficient (Wildman–Crippen LogP) is 1.93. The summed E-state index contributed by atoms with van der Waals surface area (Å²) in [7, 11) is 1.60. The molecule has 0 fully saturated rings. The molecule has 1 heterocycles. The summed E-state index contributed by atoms with van der Waals surface area (Å²) < 4.78 is 4.80. The molecular formula is C6H9Cl2NO. The molecule has 2 nitrogen and oxygen atoms in total. The molecule has 0 N–H and O–H groups in total. The first-order chi connectivity index (χ1) is 3.93. The Bertz CT molecular complexity index is 157. The van der Waals surface area contributed by atoms with Crippen molar-refractivity contribution in [2.75, 3.05) is 7.11 Å². The Balaban J connectivity index is 0. The van der Waals surface area contributed by atoms with Gasteiger partial charge in [0.05, 0.1) is 7.11 Å². The van der Waals surface area contributed by atoms with Gasteiger partial charge in [-0.2, -0.15) is 0 Å². The molecule has 0 bridgehead atoms. The summed E-state index contributed by atoms with van der Waals surface area (Å²) in [6, 6.07) is 5.54. The molecule has 4 heteroatoms. The second kappa shape index (κ2) is 6.65. The summed E-state index contributed by atoms with van der Waals surface area (Å²) in [4.78, 5) is 3.88. The van der Waals surface area contributed by atoms with Crippen LogP contribution in [-0.4, -0.2) is 12.1 Å². The van der Waals surface area contributed by atoms with Gasteiger partial charge in [0.2, 0.25) is 5.88 Å². The van der Waals surface area contributed by atoms with Crippen LogP contribution < -0.4 is 4.74 Å². The number of rotatable bonds is 1. The largest absolute Gasteiger partial charge is 0.481 e. The Kier molecular flexibility index (Phi) is 8.13. The molecule has 1 aromatic rings. The fraction of sp³-hybridized carbons (Fsp3) is 0.167. The highest BCUT2D eigenvalue weighted by molar-refractivity contribution is 5.85. The summed E-state index contributed by atoms with van der Waals surface area (Å²) in [6.45, 7) is 0. The zero-order valence-corrected chi connectivity index (χ0v) is 7.11. The molecular weight excluding hydrogens is 173 g/mol. The van der Waals surface area contributed by atoms with Crippen molar-refractivity contribution in [1.82, 2.24) is 4.98 Å². The SMILES string of the molecule is COc1ccccn1.Cl.Cl. The van der Waals surface area contributed by atoms with Crippen molar-refractivity contribution in [2.24, 2.45) is 0 Å². The Labute approximate surface area is 72.4 Å². The maximum atomic E-state index is 4.80. The van der Waals surface area contributed by atoms with Crippen LogP contribution >= 0.6 is 24.8 Å². The van der Waals surface area contributed by atoms with E-state index in [9.17, 15) is 0 Å². The maximum Gasteiger partial charge on any atom is 0.212 e. The Morgan fingerprint density at radius 2 is 2.00 bits per heavy atom. The lowest BCUT2D eigenvalue weighted by Gasteiger charge is -1.92. The molecule has 58 valence electrons. The molecule has 1 rings (SSSR count). The molecule has 0 aliphatic rings. The lowest BCUT2D eigenvalue weighted by Crippen LogP contribution is -1.83. The number of halogens is 2. The minimum atomic E-state index is 0. The summed E-state index contributed by atoms with van der Waals surface area (Å²) in [6.07, 6.45) is 1.69. The van der Waals surface area contributed by atoms with Crippen molar-refractivity contribution in [3.8, 4) is 5.88 Å². The maximum absolute atomic E-state index is 4.80. The van der Waals surface area contributed by atoms with Crippen LogP contribution in [0.15, 0.2) is 24.4 Å². The lowest BCUT2D eigenvalue weighted by molar-refractivity contribution is 0.398. The standard InChI is InChI=1S/C6H7NO.2ClH/c1-8-6-4-2-3-5-7-6;;/h2-5H,1H3;2*1H. The van der Waals surface area contributed by atoms with Gasteiger partial charge in [0, 0.05) is 12.3 Å². The Morgan fingerprint density at radius 3 is 2.30 bits per heavy atom. The van der Waals surface area contributed by atoms with E-state index in [0.717, 1.165) is 0 Å². The van der Waals surface area contributed by atoms with Crippen LogP contribution in [0.5, 0.6) is 5.88 Å². The lowest BCUT2D eigenvalue weighted by atomic mass is 10.5. The van der Waals surface area contributed by atoms with E-state index in [0.29, 0.717) is 5.88 Å². The van der Waals surface area contributed by atoms with Gasteiger partial charge in [-0.05, 0) is 6.07 Å². The van der Waals surface area contributed by atoms with E-state index >= 15 is 0 Å². The minimum Gasteiger partial charge on any atom is -0.481 e. The topological polar surface area (TPSA) is 22.1 Å². The molecule has 0 atom stereocenters. The van der Waals surface area contributed by atoms with Gasteiger partial charge in [0.25, 0.3) is 0 Å². The third kappa shape index (κ3) is 3.54. The highest BCUT2D eigenvalue weighted by atomic mass is 35.5. The van der Waals surface area contributed by atoms with Gasteiger partial charge in [-0.25, -0.2) is 4.98 Å². The number of nitrogens with zero attached hydrogens (tertiary/aromatic N) is 1. The van der Waals surface area contributed by atoms with Crippen LogP contribution in [0.25, 0.3) is 0 Å². The van der Waals surface area contributed by atoms with Crippen LogP contribution in [0, 0.1) is 0 Å². The molecule has 0 aliphatic heterocycles. The molecule has 10 heavy (non-hydrogen) atoms. The fourth-order valence-electron chi connectivity index (χ4n) is 0.468. The minimum absolute atomic E-state index is 0. The van der Waals surface area contributed by atoms with Gasteiger partial charge in [-0.1, -0.05) is 6.07 Å². The fourth-order valence-corrected chi connectivity index (χ4v) is 0.468. The van der Waals surface area contributed by atoms with Crippen molar-refractivity contribution in [3.05, 3.63) is 24.4 Å². The van der Waals surface area contributed by atoms with Crippen LogP contribution in [0.3, 0.4) is 0 Å². The first-order valence-corrected chi connectivity index (χ1v) is 2.38. The summed E-state index contributed by atoms with van der Waals surface area (Å²) in [5.74, 6) is 0.660.